The van der Waals surface area contributed by atoms with Crippen LogP contribution in [0.15, 0.2) is 34.7 Å². The van der Waals surface area contributed by atoms with Gasteiger partial charge in [-0.15, -0.1) is 0 Å². The summed E-state index contributed by atoms with van der Waals surface area (Å²) in [7, 11) is 1.59. The van der Waals surface area contributed by atoms with Gasteiger partial charge in [0.2, 0.25) is 5.76 Å². The Balaban J connectivity index is 1.37. The highest BCUT2D eigenvalue weighted by Crippen LogP contribution is 2.54. The number of hydrogen-bond donors (Lipinski definition) is 1. The number of nitrogens with zero attached hydrogens (tertiary/aromatic N) is 1. The summed E-state index contributed by atoms with van der Waals surface area (Å²) in [4.78, 5) is 15.1. The predicted octanol–water partition coefficient (Wildman–Crippen LogP) is 5.97. The number of hydrogen-bond acceptors (Lipinski definition) is 6. The minimum absolute atomic E-state index is 0.0714. The smallest absolute Gasteiger partial charge is 0.343 e. The lowest BCUT2D eigenvalue weighted by Crippen LogP contribution is -2.57. The molecule has 1 N–H and O–H groups in total. The minimum Gasteiger partial charge on any atom is -0.492 e. The largest absolute Gasteiger partial charge is 0.492 e. The topological polar surface area (TPSA) is 68.2 Å². The summed E-state index contributed by atoms with van der Waals surface area (Å²) in [5.41, 5.74) is 0.589. The van der Waals surface area contributed by atoms with Crippen molar-refractivity contribution in [1.29, 1.82) is 0 Å². The van der Waals surface area contributed by atoms with Gasteiger partial charge in [0.1, 0.15) is 5.76 Å². The van der Waals surface area contributed by atoms with Crippen molar-refractivity contribution in [2.75, 3.05) is 13.7 Å². The molecule has 2 aliphatic carbocycles. The molecule has 0 radical (unpaired) electrons. The molecule has 0 bridgehead atoms. The highest BCUT2D eigenvalue weighted by molar-refractivity contribution is 5.93. The Morgan fingerprint density at radius 2 is 1.84 bits per heavy atom. The van der Waals surface area contributed by atoms with Crippen molar-refractivity contribution in [2.24, 2.45) is 23.2 Å². The van der Waals surface area contributed by atoms with Gasteiger partial charge in [-0.3, -0.25) is 4.90 Å². The Labute approximate surface area is 222 Å². The fourth-order valence-corrected chi connectivity index (χ4v) is 8.65. The quantitative estimate of drug-likeness (QED) is 0.469. The van der Waals surface area contributed by atoms with Crippen LogP contribution in [0.2, 0.25) is 0 Å². The molecule has 4 heterocycles. The second-order valence-corrected chi connectivity index (χ2v) is 12.8. The summed E-state index contributed by atoms with van der Waals surface area (Å²) in [6.45, 7) is 5.00. The molecule has 4 aliphatic heterocycles. The van der Waals surface area contributed by atoms with Crippen molar-refractivity contribution in [3.63, 3.8) is 0 Å². The second kappa shape index (κ2) is 10.1. The first kappa shape index (κ1) is 25.5. The van der Waals surface area contributed by atoms with Crippen LogP contribution in [-0.4, -0.2) is 47.8 Å². The molecule has 2 saturated heterocycles. The standard InChI is InChI=1S/C31H45NO5/c1-19-26-23-13-9-12-22(24(33)16-21-10-5-6-11-21)32(23)18-31(14-7-4-8-15-31)17-25(26)36-28(19)29-27(35-3)20(2)30(34)37-29/h17,19,21-24,26,33H,4-16,18H2,1-3H3/t19-,22-,23-,24-,26+/m0/s1. The molecule has 37 heavy (non-hydrogen) atoms. The van der Waals surface area contributed by atoms with Gasteiger partial charge in [0.15, 0.2) is 11.5 Å². The number of rotatable bonds is 4. The van der Waals surface area contributed by atoms with E-state index in [0.29, 0.717) is 29.1 Å². The van der Waals surface area contributed by atoms with Crippen molar-refractivity contribution >= 4 is 5.97 Å². The van der Waals surface area contributed by atoms with Crippen LogP contribution in [0.5, 0.6) is 0 Å². The molecule has 2 saturated carbocycles. The van der Waals surface area contributed by atoms with E-state index in [9.17, 15) is 9.90 Å². The van der Waals surface area contributed by atoms with E-state index in [0.717, 1.165) is 43.7 Å². The van der Waals surface area contributed by atoms with Gasteiger partial charge < -0.3 is 19.3 Å². The molecule has 6 rings (SSSR count). The summed E-state index contributed by atoms with van der Waals surface area (Å²) in [6.07, 6.45) is 17.9. The maximum absolute atomic E-state index is 12.4. The van der Waals surface area contributed by atoms with Crippen molar-refractivity contribution in [3.8, 4) is 0 Å². The highest BCUT2D eigenvalue weighted by atomic mass is 16.6. The SMILES string of the molecule is COC1=C(C)C(=O)OC1=C1OC2=CC3(CCCCC3)CN3[C@@H](CCC[C@H]3[C@@H](O)CC3CCCC3)[C@H]2[C@@H]1C. The van der Waals surface area contributed by atoms with Crippen molar-refractivity contribution in [2.45, 2.75) is 116 Å². The maximum Gasteiger partial charge on any atom is 0.343 e. The number of ether oxygens (including phenoxy) is 3. The summed E-state index contributed by atoms with van der Waals surface area (Å²) in [5, 5.41) is 11.6. The number of carbonyl (C=O) groups excluding carboxylic acids is 1. The second-order valence-electron chi connectivity index (χ2n) is 12.8. The first-order valence-corrected chi connectivity index (χ1v) is 15.0. The average Bonchev–Trinajstić information content (AvgIpc) is 3.56. The molecule has 6 heteroatoms. The number of carbonyl (C=O) groups is 1. The van der Waals surface area contributed by atoms with Crippen molar-refractivity contribution < 1.29 is 24.1 Å². The molecule has 5 atom stereocenters. The molecule has 0 aromatic heterocycles. The molecule has 204 valence electrons. The third kappa shape index (κ3) is 4.46. The van der Waals surface area contributed by atoms with E-state index in [4.69, 9.17) is 14.2 Å². The first-order chi connectivity index (χ1) is 17.9. The van der Waals surface area contributed by atoms with E-state index in [1.54, 1.807) is 14.0 Å². The minimum atomic E-state index is -0.352. The molecule has 0 aromatic carbocycles. The fourth-order valence-electron chi connectivity index (χ4n) is 8.65. The van der Waals surface area contributed by atoms with Gasteiger partial charge in [0.25, 0.3) is 0 Å². The number of allylic oxidation sites excluding steroid dienone is 1. The van der Waals surface area contributed by atoms with Crippen molar-refractivity contribution in [1.82, 2.24) is 4.90 Å². The van der Waals surface area contributed by atoms with Crippen LogP contribution in [0, 0.1) is 23.2 Å². The van der Waals surface area contributed by atoms with Crippen molar-refractivity contribution in [3.05, 3.63) is 34.7 Å². The maximum atomic E-state index is 12.4. The lowest BCUT2D eigenvalue weighted by Gasteiger charge is -2.49. The zero-order valence-corrected chi connectivity index (χ0v) is 23.0. The fraction of sp³-hybridized carbons (Fsp3) is 0.774. The van der Waals surface area contributed by atoms with Gasteiger partial charge in [-0.05, 0) is 51.0 Å². The predicted molar refractivity (Wildman–Crippen MR) is 141 cm³/mol. The van der Waals surface area contributed by atoms with Crippen LogP contribution in [0.1, 0.15) is 97.3 Å². The molecule has 0 aromatic rings. The number of aliphatic hydroxyl groups is 1. The summed E-state index contributed by atoms with van der Waals surface area (Å²) in [5.74, 6) is 3.36. The van der Waals surface area contributed by atoms with E-state index >= 15 is 0 Å². The number of piperidine rings is 1. The highest BCUT2D eigenvalue weighted by Gasteiger charge is 2.53. The normalized spacial score (nSPS) is 37.1. The Morgan fingerprint density at radius 3 is 2.57 bits per heavy atom. The Hall–Kier alpha value is -1.79. The number of cyclic esters (lactones) is 1. The van der Waals surface area contributed by atoms with Gasteiger partial charge >= 0.3 is 5.97 Å². The molecule has 4 fully saturated rings. The van der Waals surface area contributed by atoms with Crippen LogP contribution in [0.4, 0.5) is 0 Å². The third-order valence-corrected chi connectivity index (χ3v) is 10.5. The molecule has 6 nitrogen and oxygen atoms in total. The third-order valence-electron chi connectivity index (χ3n) is 10.5. The van der Waals surface area contributed by atoms with Gasteiger partial charge in [0, 0.05) is 35.9 Å². The lowest BCUT2D eigenvalue weighted by molar-refractivity contribution is -0.133. The molecule has 0 amide bonds. The number of esters is 1. The van der Waals surface area contributed by atoms with Gasteiger partial charge in [-0.25, -0.2) is 4.79 Å². The Morgan fingerprint density at radius 1 is 1.08 bits per heavy atom. The van der Waals surface area contributed by atoms with Crippen LogP contribution in [0.25, 0.3) is 0 Å². The molecule has 0 unspecified atom stereocenters. The average molecular weight is 512 g/mol. The van der Waals surface area contributed by atoms with Gasteiger partial charge in [-0.1, -0.05) is 58.3 Å². The van der Waals surface area contributed by atoms with Crippen LogP contribution < -0.4 is 0 Å². The van der Waals surface area contributed by atoms with Crippen LogP contribution in [-0.2, 0) is 19.0 Å². The summed E-state index contributed by atoms with van der Waals surface area (Å²) in [6, 6.07) is 0.543. The van der Waals surface area contributed by atoms with E-state index in [2.05, 4.69) is 17.9 Å². The number of fused-ring (bicyclic) bond motifs is 3. The number of methoxy groups -OCH3 is 1. The van der Waals surface area contributed by atoms with Gasteiger partial charge in [0.05, 0.1) is 18.8 Å². The zero-order chi connectivity index (χ0) is 25.7. The number of aliphatic hydroxyl groups excluding tert-OH is 1. The molecule has 6 aliphatic rings. The summed E-state index contributed by atoms with van der Waals surface area (Å²) >= 11 is 0. The van der Waals surface area contributed by atoms with E-state index in [1.165, 1.54) is 57.8 Å². The van der Waals surface area contributed by atoms with Crippen LogP contribution in [0.3, 0.4) is 0 Å². The molecule has 1 spiro atoms. The summed E-state index contributed by atoms with van der Waals surface area (Å²) < 4.78 is 18.0. The first-order valence-electron chi connectivity index (χ1n) is 15.0. The van der Waals surface area contributed by atoms with E-state index < -0.39 is 0 Å². The lowest BCUT2D eigenvalue weighted by atomic mass is 9.73. The van der Waals surface area contributed by atoms with E-state index in [-0.39, 0.29) is 35.4 Å². The Kier molecular flexibility index (Phi) is 6.94. The van der Waals surface area contributed by atoms with E-state index in [1.807, 2.05) is 0 Å². The Bertz CT molecular complexity index is 999. The van der Waals surface area contributed by atoms with Crippen LogP contribution >= 0.6 is 0 Å². The monoisotopic (exact) mass is 511 g/mol. The zero-order valence-electron chi connectivity index (χ0n) is 23.0. The van der Waals surface area contributed by atoms with Gasteiger partial charge in [-0.2, -0.15) is 0 Å². The molecular weight excluding hydrogens is 466 g/mol. The molecular formula is C31H45NO5.